The first kappa shape index (κ1) is 15.6. The molecule has 122 valence electrons. The number of nitrogens with one attached hydrogen (secondary N) is 1. The van der Waals surface area contributed by atoms with Gasteiger partial charge in [0.05, 0.1) is 12.9 Å². The van der Waals surface area contributed by atoms with Gasteiger partial charge in [0.2, 0.25) is 0 Å². The van der Waals surface area contributed by atoms with Crippen LogP contribution in [0.1, 0.15) is 15.9 Å². The van der Waals surface area contributed by atoms with Gasteiger partial charge in [-0.1, -0.05) is 12.1 Å². The number of aliphatic hydroxyl groups excluding tert-OH is 1. The van der Waals surface area contributed by atoms with Crippen LogP contribution in [0.3, 0.4) is 0 Å². The summed E-state index contributed by atoms with van der Waals surface area (Å²) in [6.45, 7) is -0.390. The van der Waals surface area contributed by atoms with Crippen molar-refractivity contribution < 1.29 is 19.8 Å². The molecule has 0 atom stereocenters. The van der Waals surface area contributed by atoms with Crippen molar-refractivity contribution in [3.63, 3.8) is 0 Å². The Hall–Kier alpha value is -3.33. The first-order chi connectivity index (χ1) is 11.6. The third-order valence-electron chi connectivity index (χ3n) is 3.34. The summed E-state index contributed by atoms with van der Waals surface area (Å²) in [5, 5.41) is 20.5. The minimum Gasteiger partial charge on any atom is -0.480 e. The second kappa shape index (κ2) is 6.42. The largest absolute Gasteiger partial charge is 0.480 e. The van der Waals surface area contributed by atoms with Gasteiger partial charge in [-0.3, -0.25) is 9.59 Å². The van der Waals surface area contributed by atoms with Crippen LogP contribution in [-0.2, 0) is 17.9 Å². The van der Waals surface area contributed by atoms with Crippen molar-refractivity contribution in [3.8, 4) is 0 Å². The highest BCUT2D eigenvalue weighted by atomic mass is 16.4. The number of aromatic nitrogens is 4. The number of hydrogen-bond donors (Lipinski definition) is 3. The van der Waals surface area contributed by atoms with Crippen molar-refractivity contribution >= 4 is 28.9 Å². The van der Waals surface area contributed by atoms with E-state index in [9.17, 15) is 9.59 Å². The monoisotopic (exact) mass is 327 g/mol. The lowest BCUT2D eigenvalue weighted by molar-refractivity contribution is -0.137. The molecule has 0 unspecified atom stereocenters. The van der Waals surface area contributed by atoms with Crippen LogP contribution < -0.4 is 5.32 Å². The number of carbonyl (C=O) groups is 2. The van der Waals surface area contributed by atoms with Gasteiger partial charge >= 0.3 is 5.97 Å². The van der Waals surface area contributed by atoms with Gasteiger partial charge in [-0.2, -0.15) is 0 Å². The predicted molar refractivity (Wildman–Crippen MR) is 83.3 cm³/mol. The molecule has 0 radical (unpaired) electrons. The molecule has 9 nitrogen and oxygen atoms in total. The normalized spacial score (nSPS) is 10.7. The third kappa shape index (κ3) is 3.06. The molecule has 3 aromatic rings. The fourth-order valence-electron chi connectivity index (χ4n) is 2.17. The summed E-state index contributed by atoms with van der Waals surface area (Å²) in [4.78, 5) is 35.2. The lowest BCUT2D eigenvalue weighted by Crippen LogP contribution is -2.14. The number of carbonyl (C=O) groups excluding carboxylic acids is 1. The highest BCUT2D eigenvalue weighted by Crippen LogP contribution is 2.18. The number of amides is 1. The number of benzene rings is 1. The molecule has 3 N–H and O–H groups in total. The number of carboxylic acid groups (broad SMARTS) is 1. The van der Waals surface area contributed by atoms with Gasteiger partial charge in [-0.25, -0.2) is 15.0 Å². The summed E-state index contributed by atoms with van der Waals surface area (Å²) in [6.07, 6.45) is 2.56. The first-order valence-electron chi connectivity index (χ1n) is 6.97. The minimum atomic E-state index is -1.03. The van der Waals surface area contributed by atoms with Crippen molar-refractivity contribution in [2.75, 3.05) is 5.32 Å². The van der Waals surface area contributed by atoms with Gasteiger partial charge < -0.3 is 20.1 Å². The Morgan fingerprint density at radius 1 is 1.12 bits per heavy atom. The van der Waals surface area contributed by atoms with E-state index in [1.54, 1.807) is 24.3 Å². The van der Waals surface area contributed by atoms with E-state index >= 15 is 0 Å². The zero-order valence-corrected chi connectivity index (χ0v) is 12.4. The van der Waals surface area contributed by atoms with Crippen molar-refractivity contribution in [3.05, 3.63) is 48.0 Å². The standard InChI is InChI=1S/C15H13N5O4/c21-6-9-1-3-10(4-2-9)15(24)19-13-12-14(17-7-16-13)20(8-18-12)5-11(22)23/h1-4,7-8,21H,5-6H2,(H,22,23)(H,16,17,19,24). The molecule has 0 fully saturated rings. The average Bonchev–Trinajstić information content (AvgIpc) is 2.98. The molecule has 0 aliphatic rings. The van der Waals surface area contributed by atoms with Crippen LogP contribution in [0.4, 0.5) is 5.82 Å². The Bertz CT molecular complexity index is 904. The Morgan fingerprint density at radius 3 is 2.54 bits per heavy atom. The van der Waals surface area contributed by atoms with Crippen molar-refractivity contribution in [1.29, 1.82) is 0 Å². The van der Waals surface area contributed by atoms with E-state index in [-0.39, 0.29) is 19.0 Å². The number of anilines is 1. The highest BCUT2D eigenvalue weighted by molar-refractivity contribution is 6.06. The molecule has 1 aromatic carbocycles. The van der Waals surface area contributed by atoms with E-state index in [2.05, 4.69) is 20.3 Å². The van der Waals surface area contributed by atoms with E-state index in [1.807, 2.05) is 0 Å². The van der Waals surface area contributed by atoms with E-state index < -0.39 is 11.9 Å². The molecule has 9 heteroatoms. The van der Waals surface area contributed by atoms with Gasteiger partial charge in [0.25, 0.3) is 5.91 Å². The quantitative estimate of drug-likeness (QED) is 0.627. The van der Waals surface area contributed by atoms with Crippen LogP contribution in [0.15, 0.2) is 36.9 Å². The Balaban J connectivity index is 1.87. The molecular formula is C15H13N5O4. The maximum absolute atomic E-state index is 12.3. The molecule has 2 aromatic heterocycles. The maximum Gasteiger partial charge on any atom is 0.323 e. The van der Waals surface area contributed by atoms with Gasteiger partial charge in [-0.15, -0.1) is 0 Å². The number of nitrogens with zero attached hydrogens (tertiary/aromatic N) is 4. The molecular weight excluding hydrogens is 314 g/mol. The average molecular weight is 327 g/mol. The third-order valence-corrected chi connectivity index (χ3v) is 3.34. The fraction of sp³-hybridized carbons (Fsp3) is 0.133. The van der Waals surface area contributed by atoms with Gasteiger partial charge in [-0.05, 0) is 17.7 Å². The summed E-state index contributed by atoms with van der Waals surface area (Å²) in [5.74, 6) is -1.23. The fourth-order valence-corrected chi connectivity index (χ4v) is 2.17. The minimum absolute atomic E-state index is 0.102. The maximum atomic E-state index is 12.3. The number of aliphatic carboxylic acids is 1. The highest BCUT2D eigenvalue weighted by Gasteiger charge is 2.14. The topological polar surface area (TPSA) is 130 Å². The number of carboxylic acids is 1. The second-order valence-electron chi connectivity index (χ2n) is 4.97. The molecule has 2 heterocycles. The molecule has 0 aliphatic heterocycles. The van der Waals surface area contributed by atoms with Crippen molar-refractivity contribution in [1.82, 2.24) is 19.5 Å². The summed E-state index contributed by atoms with van der Waals surface area (Å²) >= 11 is 0. The summed E-state index contributed by atoms with van der Waals surface area (Å²) in [5.41, 5.74) is 1.71. The second-order valence-corrected chi connectivity index (χ2v) is 4.97. The molecule has 0 saturated carbocycles. The Kier molecular flexibility index (Phi) is 4.17. The van der Waals surface area contributed by atoms with Crippen LogP contribution in [0.25, 0.3) is 11.2 Å². The van der Waals surface area contributed by atoms with Crippen LogP contribution >= 0.6 is 0 Å². The molecule has 0 bridgehead atoms. The number of imidazole rings is 1. The van der Waals surface area contributed by atoms with Crippen LogP contribution in [0.5, 0.6) is 0 Å². The summed E-state index contributed by atoms with van der Waals surface area (Å²) in [6, 6.07) is 6.46. The molecule has 24 heavy (non-hydrogen) atoms. The number of aliphatic hydroxyl groups is 1. The number of fused-ring (bicyclic) bond motifs is 1. The predicted octanol–water partition coefficient (Wildman–Crippen LogP) is 0.656. The smallest absolute Gasteiger partial charge is 0.323 e. The number of hydrogen-bond acceptors (Lipinski definition) is 6. The van der Waals surface area contributed by atoms with E-state index in [0.717, 1.165) is 0 Å². The summed E-state index contributed by atoms with van der Waals surface area (Å²) < 4.78 is 1.35. The van der Waals surface area contributed by atoms with E-state index in [4.69, 9.17) is 10.2 Å². The molecule has 0 saturated heterocycles. The van der Waals surface area contributed by atoms with E-state index in [0.29, 0.717) is 22.3 Å². The number of rotatable bonds is 5. The van der Waals surface area contributed by atoms with Gasteiger partial charge in [0, 0.05) is 5.56 Å². The van der Waals surface area contributed by atoms with E-state index in [1.165, 1.54) is 17.2 Å². The molecule has 3 rings (SSSR count). The Labute approximate surface area is 135 Å². The van der Waals surface area contributed by atoms with Crippen LogP contribution in [0, 0.1) is 0 Å². The zero-order valence-electron chi connectivity index (χ0n) is 12.4. The van der Waals surface area contributed by atoms with Gasteiger partial charge in [0.15, 0.2) is 17.0 Å². The lowest BCUT2D eigenvalue weighted by atomic mass is 10.1. The van der Waals surface area contributed by atoms with Crippen LogP contribution in [0.2, 0.25) is 0 Å². The molecule has 0 aliphatic carbocycles. The lowest BCUT2D eigenvalue weighted by Gasteiger charge is -2.06. The molecule has 1 amide bonds. The SMILES string of the molecule is O=C(O)Cn1cnc2c(NC(=O)c3ccc(CO)cc3)ncnc21. The van der Waals surface area contributed by atoms with Crippen molar-refractivity contribution in [2.45, 2.75) is 13.2 Å². The first-order valence-corrected chi connectivity index (χ1v) is 6.97. The van der Waals surface area contributed by atoms with Gasteiger partial charge in [0.1, 0.15) is 12.9 Å². The summed E-state index contributed by atoms with van der Waals surface area (Å²) in [7, 11) is 0. The molecule has 0 spiro atoms. The van der Waals surface area contributed by atoms with Crippen LogP contribution in [-0.4, -0.2) is 41.6 Å². The zero-order chi connectivity index (χ0) is 17.1. The van der Waals surface area contributed by atoms with Crippen molar-refractivity contribution in [2.24, 2.45) is 0 Å². The Morgan fingerprint density at radius 2 is 1.88 bits per heavy atom.